The molecule has 0 spiro atoms. The van der Waals surface area contributed by atoms with Crippen LogP contribution >= 0.6 is 11.8 Å². The molecule has 0 aromatic carbocycles. The molecule has 18 heavy (non-hydrogen) atoms. The number of nitrogens with zero attached hydrogens (tertiary/aromatic N) is 2. The molecule has 1 rings (SSSR count). The van der Waals surface area contributed by atoms with Gasteiger partial charge in [0.1, 0.15) is 0 Å². The molecule has 0 amide bonds. The fourth-order valence-corrected chi connectivity index (χ4v) is 1.97. The highest BCUT2D eigenvalue weighted by Crippen LogP contribution is 1.97. The highest BCUT2D eigenvalue weighted by atomic mass is 32.2. The lowest BCUT2D eigenvalue weighted by molar-refractivity contribution is 0.729. The Morgan fingerprint density at radius 2 is 2.22 bits per heavy atom. The molecule has 4 nitrogen and oxygen atoms in total. The number of pyridine rings is 1. The Labute approximate surface area is 114 Å². The van der Waals surface area contributed by atoms with E-state index < -0.39 is 0 Å². The number of aliphatic imine (C=N–C) groups is 1. The molecule has 100 valence electrons. The molecule has 0 aliphatic carbocycles. The Morgan fingerprint density at radius 1 is 1.33 bits per heavy atom. The van der Waals surface area contributed by atoms with Gasteiger partial charge in [0.05, 0.1) is 12.2 Å². The SMILES string of the molecule is CN=C(NCCCCSC)NCc1ccccn1. The summed E-state index contributed by atoms with van der Waals surface area (Å²) in [6.45, 7) is 1.66. The molecule has 1 aromatic rings. The van der Waals surface area contributed by atoms with Crippen LogP contribution in [0.2, 0.25) is 0 Å². The van der Waals surface area contributed by atoms with Crippen LogP contribution in [-0.4, -0.2) is 36.5 Å². The van der Waals surface area contributed by atoms with E-state index >= 15 is 0 Å². The number of unbranched alkanes of at least 4 members (excludes halogenated alkanes) is 1. The average molecular weight is 266 g/mol. The van der Waals surface area contributed by atoms with E-state index in [0.717, 1.165) is 18.2 Å². The average Bonchev–Trinajstić information content (AvgIpc) is 2.43. The number of hydrogen-bond donors (Lipinski definition) is 2. The van der Waals surface area contributed by atoms with Gasteiger partial charge in [0.25, 0.3) is 0 Å². The minimum absolute atomic E-state index is 0.700. The molecule has 5 heteroatoms. The first-order valence-electron chi connectivity index (χ1n) is 6.20. The van der Waals surface area contributed by atoms with E-state index in [1.54, 1.807) is 13.2 Å². The highest BCUT2D eigenvalue weighted by molar-refractivity contribution is 7.98. The van der Waals surface area contributed by atoms with Gasteiger partial charge in [-0.1, -0.05) is 6.07 Å². The van der Waals surface area contributed by atoms with Crippen LogP contribution in [0.25, 0.3) is 0 Å². The zero-order chi connectivity index (χ0) is 13.1. The molecule has 0 saturated carbocycles. The third kappa shape index (κ3) is 6.49. The summed E-state index contributed by atoms with van der Waals surface area (Å²) in [6, 6.07) is 5.91. The molecule has 0 atom stereocenters. The largest absolute Gasteiger partial charge is 0.356 e. The molecule has 0 aliphatic rings. The molecule has 1 heterocycles. The number of rotatable bonds is 7. The van der Waals surface area contributed by atoms with Crippen LogP contribution in [0.15, 0.2) is 29.4 Å². The van der Waals surface area contributed by atoms with Crippen molar-refractivity contribution in [1.82, 2.24) is 15.6 Å². The number of thioether (sulfide) groups is 1. The van der Waals surface area contributed by atoms with Gasteiger partial charge in [0.15, 0.2) is 5.96 Å². The maximum absolute atomic E-state index is 4.26. The van der Waals surface area contributed by atoms with Crippen LogP contribution in [-0.2, 0) is 6.54 Å². The monoisotopic (exact) mass is 266 g/mol. The molecule has 0 bridgehead atoms. The second kappa shape index (κ2) is 9.76. The third-order valence-electron chi connectivity index (χ3n) is 2.45. The van der Waals surface area contributed by atoms with E-state index in [2.05, 4.69) is 26.9 Å². The molecule has 0 fully saturated rings. The van der Waals surface area contributed by atoms with Crippen molar-refractivity contribution in [3.05, 3.63) is 30.1 Å². The summed E-state index contributed by atoms with van der Waals surface area (Å²) in [7, 11) is 1.79. The first-order valence-corrected chi connectivity index (χ1v) is 7.59. The molecule has 2 N–H and O–H groups in total. The van der Waals surface area contributed by atoms with Crippen molar-refractivity contribution in [3.63, 3.8) is 0 Å². The van der Waals surface area contributed by atoms with Gasteiger partial charge in [-0.25, -0.2) is 0 Å². The van der Waals surface area contributed by atoms with Crippen LogP contribution in [0.5, 0.6) is 0 Å². The lowest BCUT2D eigenvalue weighted by atomic mass is 10.3. The minimum Gasteiger partial charge on any atom is -0.356 e. The Morgan fingerprint density at radius 3 is 2.89 bits per heavy atom. The predicted molar refractivity (Wildman–Crippen MR) is 80.1 cm³/mol. The van der Waals surface area contributed by atoms with Crippen molar-refractivity contribution in [2.24, 2.45) is 4.99 Å². The Bertz CT molecular complexity index is 340. The van der Waals surface area contributed by atoms with Crippen LogP contribution in [0.1, 0.15) is 18.5 Å². The van der Waals surface area contributed by atoms with E-state index in [9.17, 15) is 0 Å². The normalized spacial score (nSPS) is 11.3. The fraction of sp³-hybridized carbons (Fsp3) is 0.538. The van der Waals surface area contributed by atoms with Gasteiger partial charge in [0.2, 0.25) is 0 Å². The molecule has 0 aliphatic heterocycles. The van der Waals surface area contributed by atoms with E-state index in [-0.39, 0.29) is 0 Å². The summed E-state index contributed by atoms with van der Waals surface area (Å²) < 4.78 is 0. The lowest BCUT2D eigenvalue weighted by Gasteiger charge is -2.11. The van der Waals surface area contributed by atoms with Gasteiger partial charge >= 0.3 is 0 Å². The molecular weight excluding hydrogens is 244 g/mol. The zero-order valence-electron chi connectivity index (χ0n) is 11.1. The fourth-order valence-electron chi connectivity index (χ4n) is 1.48. The van der Waals surface area contributed by atoms with Crippen molar-refractivity contribution < 1.29 is 0 Å². The van der Waals surface area contributed by atoms with Gasteiger partial charge in [-0.05, 0) is 37.0 Å². The van der Waals surface area contributed by atoms with Crippen LogP contribution in [0.3, 0.4) is 0 Å². The zero-order valence-corrected chi connectivity index (χ0v) is 12.0. The lowest BCUT2D eigenvalue weighted by Crippen LogP contribution is -2.37. The molecule has 0 unspecified atom stereocenters. The van der Waals surface area contributed by atoms with Crippen molar-refractivity contribution in [1.29, 1.82) is 0 Å². The summed E-state index contributed by atoms with van der Waals surface area (Å²) in [5.41, 5.74) is 1.02. The number of guanidine groups is 1. The topological polar surface area (TPSA) is 49.3 Å². The van der Waals surface area contributed by atoms with Crippen molar-refractivity contribution in [2.45, 2.75) is 19.4 Å². The van der Waals surface area contributed by atoms with Crippen LogP contribution in [0.4, 0.5) is 0 Å². The Hall–Kier alpha value is -1.23. The number of nitrogens with one attached hydrogen (secondary N) is 2. The van der Waals surface area contributed by atoms with E-state index in [0.29, 0.717) is 6.54 Å². The van der Waals surface area contributed by atoms with E-state index in [1.807, 2.05) is 30.0 Å². The smallest absolute Gasteiger partial charge is 0.191 e. The van der Waals surface area contributed by atoms with Gasteiger partial charge in [0, 0.05) is 19.8 Å². The highest BCUT2D eigenvalue weighted by Gasteiger charge is 1.97. The van der Waals surface area contributed by atoms with Gasteiger partial charge < -0.3 is 10.6 Å². The standard InChI is InChI=1S/C13H22N4S/c1-14-13(16-9-5-6-10-18-2)17-11-12-7-3-4-8-15-12/h3-4,7-8H,5-6,9-11H2,1-2H3,(H2,14,16,17). The quantitative estimate of drug-likeness (QED) is 0.449. The predicted octanol–water partition coefficient (Wildman–Crippen LogP) is 1.89. The Kier molecular flexibility index (Phi) is 8.04. The molecule has 1 aromatic heterocycles. The number of aromatic nitrogens is 1. The van der Waals surface area contributed by atoms with Crippen molar-refractivity contribution in [2.75, 3.05) is 25.6 Å². The van der Waals surface area contributed by atoms with E-state index in [4.69, 9.17) is 0 Å². The molecule has 0 saturated heterocycles. The summed E-state index contributed by atoms with van der Waals surface area (Å²) >= 11 is 1.89. The van der Waals surface area contributed by atoms with Crippen LogP contribution < -0.4 is 10.6 Å². The van der Waals surface area contributed by atoms with Crippen molar-refractivity contribution >= 4 is 17.7 Å². The summed E-state index contributed by atoms with van der Waals surface area (Å²) in [4.78, 5) is 8.44. The maximum Gasteiger partial charge on any atom is 0.191 e. The van der Waals surface area contributed by atoms with Gasteiger partial charge in [-0.3, -0.25) is 9.98 Å². The second-order valence-electron chi connectivity index (χ2n) is 3.87. The maximum atomic E-state index is 4.26. The second-order valence-corrected chi connectivity index (χ2v) is 4.86. The van der Waals surface area contributed by atoms with E-state index in [1.165, 1.54) is 18.6 Å². The van der Waals surface area contributed by atoms with Gasteiger partial charge in [-0.2, -0.15) is 11.8 Å². The first kappa shape index (κ1) is 14.8. The minimum atomic E-state index is 0.700. The van der Waals surface area contributed by atoms with Crippen LogP contribution in [0, 0.1) is 0 Å². The first-order chi connectivity index (χ1) is 8.86. The summed E-state index contributed by atoms with van der Waals surface area (Å²) in [6.07, 6.45) is 6.35. The van der Waals surface area contributed by atoms with Crippen molar-refractivity contribution in [3.8, 4) is 0 Å². The molecule has 0 radical (unpaired) electrons. The number of hydrogen-bond acceptors (Lipinski definition) is 3. The molecular formula is C13H22N4S. The van der Waals surface area contributed by atoms with Gasteiger partial charge in [-0.15, -0.1) is 0 Å². The third-order valence-corrected chi connectivity index (χ3v) is 3.15. The summed E-state index contributed by atoms with van der Waals surface area (Å²) in [5.74, 6) is 2.06. The Balaban J connectivity index is 2.18. The summed E-state index contributed by atoms with van der Waals surface area (Å²) in [5, 5.41) is 6.55.